The van der Waals surface area contributed by atoms with Gasteiger partial charge in [0.05, 0.1) is 13.2 Å². The molecular weight excluding hydrogens is 342 g/mol. The minimum atomic E-state index is 0.831. The highest BCUT2D eigenvalue weighted by Gasteiger charge is 2.18. The predicted octanol–water partition coefficient (Wildman–Crippen LogP) is 5.80. The molecule has 0 bridgehead atoms. The highest BCUT2D eigenvalue weighted by atomic mass is 16.5. The lowest BCUT2D eigenvalue weighted by Gasteiger charge is -2.29. The zero-order valence-corrected chi connectivity index (χ0v) is 16.3. The summed E-state index contributed by atoms with van der Waals surface area (Å²) in [5.41, 5.74) is 5.49. The molecule has 4 aromatic carbocycles. The second-order valence-corrected chi connectivity index (χ2v) is 7.68. The number of morpholine rings is 1. The van der Waals surface area contributed by atoms with E-state index in [1.807, 2.05) is 0 Å². The van der Waals surface area contributed by atoms with Crippen LogP contribution in [0.15, 0.2) is 72.8 Å². The van der Waals surface area contributed by atoms with Crippen LogP contribution in [0.1, 0.15) is 11.1 Å². The summed E-state index contributed by atoms with van der Waals surface area (Å²) in [6, 6.07) is 26.5. The number of nitrogens with zero attached hydrogens (tertiary/aromatic N) is 1. The van der Waals surface area contributed by atoms with Crippen LogP contribution in [0.5, 0.6) is 0 Å². The quantitative estimate of drug-likeness (QED) is 0.424. The van der Waals surface area contributed by atoms with Crippen molar-refractivity contribution in [3.8, 4) is 11.1 Å². The molecule has 0 N–H and O–H groups in total. The van der Waals surface area contributed by atoms with Gasteiger partial charge in [-0.15, -0.1) is 0 Å². The zero-order valence-electron chi connectivity index (χ0n) is 16.3. The minimum Gasteiger partial charge on any atom is -0.379 e. The van der Waals surface area contributed by atoms with Crippen molar-refractivity contribution in [1.29, 1.82) is 0 Å². The van der Waals surface area contributed by atoms with Crippen molar-refractivity contribution in [1.82, 2.24) is 4.90 Å². The molecule has 1 aliphatic heterocycles. The normalized spacial score (nSPS) is 15.3. The van der Waals surface area contributed by atoms with Gasteiger partial charge in [-0.1, -0.05) is 72.8 Å². The van der Waals surface area contributed by atoms with Gasteiger partial charge in [-0.2, -0.15) is 0 Å². The van der Waals surface area contributed by atoms with Crippen LogP contribution < -0.4 is 0 Å². The zero-order chi connectivity index (χ0) is 18.9. The summed E-state index contributed by atoms with van der Waals surface area (Å²) in [5.74, 6) is 0. The number of rotatable bonds is 3. The Morgan fingerprint density at radius 2 is 1.54 bits per heavy atom. The minimum absolute atomic E-state index is 0.831. The molecule has 1 fully saturated rings. The summed E-state index contributed by atoms with van der Waals surface area (Å²) in [6.45, 7) is 6.91. The smallest absolute Gasteiger partial charge is 0.0594 e. The molecule has 2 heteroatoms. The first-order chi connectivity index (χ1) is 13.8. The lowest BCUT2D eigenvalue weighted by molar-refractivity contribution is 0.0342. The van der Waals surface area contributed by atoms with Gasteiger partial charge in [0.2, 0.25) is 0 Å². The van der Waals surface area contributed by atoms with Crippen molar-refractivity contribution in [3.05, 3.63) is 83.9 Å². The van der Waals surface area contributed by atoms with E-state index >= 15 is 0 Å². The molecule has 140 valence electrons. The molecule has 0 radical (unpaired) electrons. The van der Waals surface area contributed by atoms with E-state index in [0.717, 1.165) is 32.8 Å². The maximum atomic E-state index is 5.56. The second-order valence-electron chi connectivity index (χ2n) is 7.68. The molecule has 0 amide bonds. The summed E-state index contributed by atoms with van der Waals surface area (Å²) in [4.78, 5) is 2.52. The third-order valence-corrected chi connectivity index (χ3v) is 5.93. The molecule has 0 aliphatic carbocycles. The molecule has 2 nitrogen and oxygen atoms in total. The molecule has 1 heterocycles. The summed E-state index contributed by atoms with van der Waals surface area (Å²) in [7, 11) is 0. The van der Waals surface area contributed by atoms with Gasteiger partial charge >= 0.3 is 0 Å². The van der Waals surface area contributed by atoms with E-state index in [0.29, 0.717) is 0 Å². The van der Waals surface area contributed by atoms with Gasteiger partial charge in [-0.05, 0) is 50.7 Å². The SMILES string of the molecule is Cc1cc2c(ccc3ccccc32)c(-c2ccccc2)c1CN1CCOCC1. The molecule has 28 heavy (non-hydrogen) atoms. The van der Waals surface area contributed by atoms with Crippen molar-refractivity contribution >= 4 is 21.5 Å². The topological polar surface area (TPSA) is 12.5 Å². The lowest BCUT2D eigenvalue weighted by atomic mass is 9.88. The first-order valence-electron chi connectivity index (χ1n) is 10.1. The van der Waals surface area contributed by atoms with Crippen LogP contribution in [0.25, 0.3) is 32.7 Å². The third-order valence-electron chi connectivity index (χ3n) is 5.93. The Balaban J connectivity index is 1.78. The fourth-order valence-corrected chi connectivity index (χ4v) is 4.45. The van der Waals surface area contributed by atoms with Gasteiger partial charge in [-0.25, -0.2) is 0 Å². The van der Waals surface area contributed by atoms with Gasteiger partial charge in [-0.3, -0.25) is 4.90 Å². The molecule has 0 unspecified atom stereocenters. The van der Waals surface area contributed by atoms with Crippen LogP contribution in [0.3, 0.4) is 0 Å². The fraction of sp³-hybridized carbons (Fsp3) is 0.231. The molecular formula is C26H25NO. The van der Waals surface area contributed by atoms with Crippen LogP contribution in [-0.2, 0) is 11.3 Å². The Morgan fingerprint density at radius 3 is 2.36 bits per heavy atom. The lowest BCUT2D eigenvalue weighted by Crippen LogP contribution is -2.36. The first-order valence-corrected chi connectivity index (χ1v) is 10.1. The summed E-state index contributed by atoms with van der Waals surface area (Å²) < 4.78 is 5.56. The van der Waals surface area contributed by atoms with Gasteiger partial charge in [0.15, 0.2) is 0 Å². The maximum Gasteiger partial charge on any atom is 0.0594 e. The van der Waals surface area contributed by atoms with Crippen molar-refractivity contribution in [2.45, 2.75) is 13.5 Å². The Bertz CT molecular complexity index is 1130. The highest BCUT2D eigenvalue weighted by Crippen LogP contribution is 2.38. The maximum absolute atomic E-state index is 5.56. The molecule has 1 aliphatic rings. The second kappa shape index (κ2) is 7.38. The Morgan fingerprint density at radius 1 is 0.786 bits per heavy atom. The molecule has 5 rings (SSSR count). The molecule has 0 saturated carbocycles. The van der Waals surface area contributed by atoms with Gasteiger partial charge in [0, 0.05) is 19.6 Å². The number of fused-ring (bicyclic) bond motifs is 3. The monoisotopic (exact) mass is 367 g/mol. The molecule has 0 aromatic heterocycles. The van der Waals surface area contributed by atoms with E-state index in [9.17, 15) is 0 Å². The average Bonchev–Trinajstić information content (AvgIpc) is 2.75. The number of benzene rings is 4. The average molecular weight is 367 g/mol. The Hall–Kier alpha value is -2.68. The van der Waals surface area contributed by atoms with E-state index in [4.69, 9.17) is 4.74 Å². The van der Waals surface area contributed by atoms with Crippen LogP contribution >= 0.6 is 0 Å². The van der Waals surface area contributed by atoms with Crippen LogP contribution in [0.4, 0.5) is 0 Å². The molecule has 0 spiro atoms. The molecule has 0 atom stereocenters. The molecule has 4 aromatic rings. The molecule has 1 saturated heterocycles. The van der Waals surface area contributed by atoms with Gasteiger partial charge in [0.1, 0.15) is 0 Å². The van der Waals surface area contributed by atoms with Gasteiger partial charge < -0.3 is 4.74 Å². The number of aryl methyl sites for hydroxylation is 1. The fourth-order valence-electron chi connectivity index (χ4n) is 4.45. The van der Waals surface area contributed by atoms with Crippen molar-refractivity contribution in [2.75, 3.05) is 26.3 Å². The predicted molar refractivity (Wildman–Crippen MR) is 118 cm³/mol. The highest BCUT2D eigenvalue weighted by molar-refractivity contribution is 6.13. The van der Waals surface area contributed by atoms with Crippen molar-refractivity contribution in [2.24, 2.45) is 0 Å². The van der Waals surface area contributed by atoms with Crippen LogP contribution in [0, 0.1) is 6.92 Å². The van der Waals surface area contributed by atoms with Crippen molar-refractivity contribution < 1.29 is 4.74 Å². The standard InChI is InChI=1S/C26H25NO/c1-19-17-24-22-10-6-5-7-20(22)11-12-23(24)26(21-8-3-2-4-9-21)25(19)18-27-13-15-28-16-14-27/h2-12,17H,13-16,18H2,1H3. The van der Waals surface area contributed by atoms with E-state index in [1.165, 1.54) is 43.8 Å². The summed E-state index contributed by atoms with van der Waals surface area (Å²) >= 11 is 0. The van der Waals surface area contributed by atoms with E-state index in [2.05, 4.69) is 84.6 Å². The Kier molecular flexibility index (Phi) is 4.59. The number of hydrogen-bond acceptors (Lipinski definition) is 2. The third kappa shape index (κ3) is 3.09. The van der Waals surface area contributed by atoms with E-state index in [1.54, 1.807) is 0 Å². The number of hydrogen-bond donors (Lipinski definition) is 0. The van der Waals surface area contributed by atoms with Crippen LogP contribution in [0.2, 0.25) is 0 Å². The van der Waals surface area contributed by atoms with Crippen molar-refractivity contribution in [3.63, 3.8) is 0 Å². The number of ether oxygens (including phenoxy) is 1. The van der Waals surface area contributed by atoms with E-state index in [-0.39, 0.29) is 0 Å². The van der Waals surface area contributed by atoms with Gasteiger partial charge in [0.25, 0.3) is 0 Å². The summed E-state index contributed by atoms with van der Waals surface area (Å²) in [6.07, 6.45) is 0. The van der Waals surface area contributed by atoms with Crippen LogP contribution in [-0.4, -0.2) is 31.2 Å². The first kappa shape index (κ1) is 17.4. The Labute approximate surface area is 166 Å². The largest absolute Gasteiger partial charge is 0.379 e. The van der Waals surface area contributed by atoms with E-state index < -0.39 is 0 Å². The summed E-state index contributed by atoms with van der Waals surface area (Å²) in [5, 5.41) is 5.33.